The maximum Gasteiger partial charge on any atom is 0.508 e. The maximum absolute atomic E-state index is 5.99. The van der Waals surface area contributed by atoms with E-state index in [9.17, 15) is 0 Å². The number of hydrogen-bond acceptors (Lipinski definition) is 3. The normalized spacial score (nSPS) is 13.4. The van der Waals surface area contributed by atoms with Crippen molar-refractivity contribution in [3.63, 3.8) is 0 Å². The van der Waals surface area contributed by atoms with Crippen molar-refractivity contribution in [2.24, 2.45) is 0 Å². The molecule has 0 N–H and O–H groups in total. The van der Waals surface area contributed by atoms with Crippen LogP contribution in [0.5, 0.6) is 0 Å². The fourth-order valence-electron chi connectivity index (χ4n) is 2.25. The molecule has 20 heavy (non-hydrogen) atoms. The average Bonchev–Trinajstić information content (AvgIpc) is 2.47. The zero-order valence-corrected chi connectivity index (χ0v) is 16.0. The van der Waals surface area contributed by atoms with Crippen molar-refractivity contribution in [2.75, 3.05) is 19.8 Å². The van der Waals surface area contributed by atoms with Gasteiger partial charge >= 0.3 is 8.80 Å². The van der Waals surface area contributed by atoms with Gasteiger partial charge in [-0.15, -0.1) is 0 Å². The van der Waals surface area contributed by atoms with Gasteiger partial charge in [-0.2, -0.15) is 0 Å². The Kier molecular flexibility index (Phi) is 8.27. The van der Waals surface area contributed by atoms with Gasteiger partial charge in [-0.3, -0.25) is 0 Å². The minimum Gasteiger partial charge on any atom is -0.373 e. The van der Waals surface area contributed by atoms with E-state index in [0.717, 1.165) is 4.43 Å². The molecular weight excluding hydrogens is 383 g/mol. The van der Waals surface area contributed by atoms with Crippen LogP contribution in [0.1, 0.15) is 44.4 Å². The molecule has 0 fully saturated rings. The zero-order chi connectivity index (χ0) is 15.0. The van der Waals surface area contributed by atoms with Crippen molar-refractivity contribution in [1.29, 1.82) is 0 Å². The molecule has 0 aliphatic heterocycles. The second-order valence-corrected chi connectivity index (χ2v) is 8.20. The largest absolute Gasteiger partial charge is 0.508 e. The first-order chi connectivity index (χ1) is 9.63. The monoisotopic (exact) mass is 408 g/mol. The van der Waals surface area contributed by atoms with Crippen LogP contribution in [0.15, 0.2) is 24.3 Å². The second kappa shape index (κ2) is 9.14. The highest BCUT2D eigenvalue weighted by atomic mass is 127. The van der Waals surface area contributed by atoms with Crippen molar-refractivity contribution < 1.29 is 13.3 Å². The lowest BCUT2D eigenvalue weighted by Crippen LogP contribution is -2.51. The van der Waals surface area contributed by atoms with Gasteiger partial charge in [-0.25, -0.2) is 0 Å². The quantitative estimate of drug-likeness (QED) is 0.346. The summed E-state index contributed by atoms with van der Waals surface area (Å²) in [7, 11) is -2.68. The summed E-state index contributed by atoms with van der Waals surface area (Å²) in [5.41, 5.74) is 2.70. The molecule has 0 radical (unpaired) electrons. The second-order valence-electron chi connectivity index (χ2n) is 4.50. The molecule has 1 aromatic rings. The predicted octanol–water partition coefficient (Wildman–Crippen LogP) is 4.31. The van der Waals surface area contributed by atoms with Crippen LogP contribution >= 0.6 is 22.6 Å². The van der Waals surface area contributed by atoms with E-state index >= 15 is 0 Å². The number of hydrogen-bond donors (Lipinski definition) is 0. The third-order valence-corrected chi connectivity index (χ3v) is 7.52. The van der Waals surface area contributed by atoms with E-state index in [1.807, 2.05) is 20.8 Å². The van der Waals surface area contributed by atoms with E-state index in [1.54, 1.807) is 0 Å². The van der Waals surface area contributed by atoms with Crippen molar-refractivity contribution >= 4 is 31.4 Å². The molecule has 5 heteroatoms. The van der Waals surface area contributed by atoms with Crippen LogP contribution < -0.4 is 0 Å². The molecule has 0 spiro atoms. The molecule has 0 amide bonds. The van der Waals surface area contributed by atoms with Crippen LogP contribution in [0.2, 0.25) is 0 Å². The van der Waals surface area contributed by atoms with E-state index in [1.165, 1.54) is 11.1 Å². The van der Waals surface area contributed by atoms with Gasteiger partial charge in [-0.1, -0.05) is 53.8 Å². The minimum atomic E-state index is -2.68. The highest BCUT2D eigenvalue weighted by Crippen LogP contribution is 2.30. The lowest BCUT2D eigenvalue weighted by atomic mass is 10.1. The first kappa shape index (κ1) is 18.1. The predicted molar refractivity (Wildman–Crippen MR) is 93.2 cm³/mol. The summed E-state index contributed by atoms with van der Waals surface area (Å²) < 4.78 is 19.0. The Morgan fingerprint density at radius 1 is 1.05 bits per heavy atom. The first-order valence-corrected chi connectivity index (χ1v) is 10.5. The lowest BCUT2D eigenvalue weighted by Gasteiger charge is -2.33. The van der Waals surface area contributed by atoms with Gasteiger partial charge in [0, 0.05) is 24.2 Å². The molecule has 0 saturated heterocycles. The molecule has 0 saturated carbocycles. The van der Waals surface area contributed by atoms with Crippen LogP contribution in [0.4, 0.5) is 0 Å². The van der Waals surface area contributed by atoms with E-state index in [4.69, 9.17) is 13.3 Å². The Hall–Kier alpha value is 0.0469. The van der Waals surface area contributed by atoms with Gasteiger partial charge in [0.15, 0.2) is 0 Å². The van der Waals surface area contributed by atoms with Crippen LogP contribution in [0.25, 0.3) is 0 Å². The van der Waals surface area contributed by atoms with E-state index in [-0.39, 0.29) is 5.54 Å². The van der Waals surface area contributed by atoms with Crippen LogP contribution in [0.3, 0.4) is 0 Å². The number of halogens is 1. The molecule has 1 unspecified atom stereocenters. The maximum atomic E-state index is 5.99. The summed E-state index contributed by atoms with van der Waals surface area (Å²) >= 11 is 2.38. The van der Waals surface area contributed by atoms with Gasteiger partial charge in [0.1, 0.15) is 0 Å². The van der Waals surface area contributed by atoms with Crippen LogP contribution in [0, 0.1) is 0 Å². The summed E-state index contributed by atoms with van der Waals surface area (Å²) in [6.07, 6.45) is 0. The van der Waals surface area contributed by atoms with Gasteiger partial charge < -0.3 is 13.3 Å². The van der Waals surface area contributed by atoms with Gasteiger partial charge in [0.05, 0.1) is 5.54 Å². The summed E-state index contributed by atoms with van der Waals surface area (Å²) in [4.78, 5) is 0. The molecule has 0 bridgehead atoms. The summed E-state index contributed by atoms with van der Waals surface area (Å²) in [6.45, 7) is 9.97. The molecule has 0 aromatic heterocycles. The highest BCUT2D eigenvalue weighted by Gasteiger charge is 2.47. The molecule has 0 aliphatic carbocycles. The average molecular weight is 408 g/mol. The summed E-state index contributed by atoms with van der Waals surface area (Å²) in [5.74, 6) is 0. The third-order valence-electron chi connectivity index (χ3n) is 3.17. The van der Waals surface area contributed by atoms with E-state index in [2.05, 4.69) is 53.8 Å². The summed E-state index contributed by atoms with van der Waals surface area (Å²) in [6, 6.07) is 8.62. The molecular formula is C15H25IO3Si. The molecule has 0 heterocycles. The molecule has 114 valence electrons. The molecule has 1 aromatic carbocycles. The topological polar surface area (TPSA) is 27.7 Å². The van der Waals surface area contributed by atoms with Gasteiger partial charge in [0.2, 0.25) is 0 Å². The molecule has 0 aliphatic rings. The van der Waals surface area contributed by atoms with Crippen LogP contribution in [-0.2, 0) is 17.7 Å². The Bertz CT molecular complexity index is 383. The smallest absolute Gasteiger partial charge is 0.373 e. The van der Waals surface area contributed by atoms with Gasteiger partial charge in [-0.05, 0) is 31.9 Å². The van der Waals surface area contributed by atoms with Crippen molar-refractivity contribution in [2.45, 2.75) is 37.7 Å². The molecule has 1 atom stereocenters. The standard InChI is InChI=1S/C15H25IO3Si/c1-5-17-20(18-6-2,19-7-3)13(4)15-10-8-9-14(11-15)12-16/h8-11,13H,5-7,12H2,1-4H3. The fourth-order valence-corrected chi connectivity index (χ4v) is 5.52. The summed E-state index contributed by atoms with van der Waals surface area (Å²) in [5, 5.41) is 0. The van der Waals surface area contributed by atoms with Crippen LogP contribution in [-0.4, -0.2) is 28.6 Å². The third kappa shape index (κ3) is 4.52. The van der Waals surface area contributed by atoms with Gasteiger partial charge in [0.25, 0.3) is 0 Å². The van der Waals surface area contributed by atoms with E-state index < -0.39 is 8.80 Å². The number of benzene rings is 1. The Morgan fingerprint density at radius 2 is 1.60 bits per heavy atom. The molecule has 3 nitrogen and oxygen atoms in total. The Labute approximate surface area is 137 Å². The number of rotatable bonds is 9. The highest BCUT2D eigenvalue weighted by molar-refractivity contribution is 14.1. The fraction of sp³-hybridized carbons (Fsp3) is 0.600. The first-order valence-electron chi connectivity index (χ1n) is 7.20. The van der Waals surface area contributed by atoms with Crippen molar-refractivity contribution in [3.05, 3.63) is 35.4 Å². The van der Waals surface area contributed by atoms with E-state index in [0.29, 0.717) is 19.8 Å². The van der Waals surface area contributed by atoms with Crippen molar-refractivity contribution in [3.8, 4) is 0 Å². The SMILES string of the molecule is CCO[Si](OCC)(OCC)C(C)c1cccc(CI)c1. The van der Waals surface area contributed by atoms with Crippen molar-refractivity contribution in [1.82, 2.24) is 0 Å². The number of alkyl halides is 1. The lowest BCUT2D eigenvalue weighted by molar-refractivity contribution is 0.0633. The zero-order valence-electron chi connectivity index (χ0n) is 12.8. The minimum absolute atomic E-state index is 0.144. The Balaban J connectivity index is 3.09. The molecule has 1 rings (SSSR count). The Morgan fingerprint density at radius 3 is 2.05 bits per heavy atom.